The van der Waals surface area contributed by atoms with Gasteiger partial charge in [0.2, 0.25) is 5.91 Å². The third-order valence-electron chi connectivity index (χ3n) is 4.00. The van der Waals surface area contributed by atoms with Crippen molar-refractivity contribution < 1.29 is 14.3 Å². The van der Waals surface area contributed by atoms with E-state index in [-0.39, 0.29) is 11.5 Å². The first kappa shape index (κ1) is 20.2. The average Bonchev–Trinajstić information content (AvgIpc) is 3.06. The maximum absolute atomic E-state index is 12.1. The number of anilines is 1. The third kappa shape index (κ3) is 6.00. The number of aromatic nitrogens is 2. The summed E-state index contributed by atoms with van der Waals surface area (Å²) in [5.41, 5.74) is 1.26. The fraction of sp³-hybridized carbons (Fsp3) is 0.368. The third-order valence-corrected chi connectivity index (χ3v) is 4.50. The number of hydrogen-bond acceptors (Lipinski definition) is 4. The first-order valence-corrected chi connectivity index (χ1v) is 9.02. The van der Waals surface area contributed by atoms with Gasteiger partial charge in [0.25, 0.3) is 0 Å². The van der Waals surface area contributed by atoms with E-state index in [0.29, 0.717) is 18.0 Å². The molecule has 1 aromatic carbocycles. The van der Waals surface area contributed by atoms with E-state index in [1.165, 1.54) is 6.08 Å². The molecule has 0 bridgehead atoms. The zero-order chi connectivity index (χ0) is 19.2. The molecule has 2 rings (SSSR count). The summed E-state index contributed by atoms with van der Waals surface area (Å²) in [6, 6.07) is 5.61. The van der Waals surface area contributed by atoms with Crippen molar-refractivity contribution in [2.75, 3.05) is 19.5 Å². The highest BCUT2D eigenvalue weighted by Gasteiger charge is 2.16. The molecule has 0 aliphatic heterocycles. The molecule has 0 radical (unpaired) electrons. The summed E-state index contributed by atoms with van der Waals surface area (Å²) in [7, 11) is 3.29. The van der Waals surface area contributed by atoms with Crippen LogP contribution in [0.25, 0.3) is 6.08 Å². The number of halogens is 1. The Morgan fingerprint density at radius 1 is 1.38 bits per heavy atom. The number of carbonyl (C=O) groups excluding carboxylic acids is 1. The van der Waals surface area contributed by atoms with E-state index < -0.39 is 0 Å². The molecule has 1 amide bonds. The predicted octanol–water partition coefficient (Wildman–Crippen LogP) is 4.12. The van der Waals surface area contributed by atoms with Gasteiger partial charge in [0.1, 0.15) is 5.75 Å². The molecule has 0 saturated carbocycles. The molecule has 1 heterocycles. The number of ether oxygens (including phenoxy) is 2. The second-order valence-corrected chi connectivity index (χ2v) is 7.33. The molecule has 0 spiro atoms. The van der Waals surface area contributed by atoms with Crippen molar-refractivity contribution in [1.29, 1.82) is 0 Å². The molecule has 7 heteroatoms. The minimum absolute atomic E-state index is 0.207. The van der Waals surface area contributed by atoms with Crippen LogP contribution in [0, 0.1) is 0 Å². The minimum Gasteiger partial charge on any atom is -0.496 e. The number of aryl methyl sites for hydroxylation is 1. The Bertz CT molecular complexity index is 784. The molecule has 0 aliphatic carbocycles. The van der Waals surface area contributed by atoms with Gasteiger partial charge in [-0.25, -0.2) is 0 Å². The fourth-order valence-electron chi connectivity index (χ4n) is 2.22. The lowest BCUT2D eigenvalue weighted by molar-refractivity contribution is -0.111. The van der Waals surface area contributed by atoms with Gasteiger partial charge in [-0.15, -0.1) is 0 Å². The van der Waals surface area contributed by atoms with Gasteiger partial charge in [-0.2, -0.15) is 5.10 Å². The molecule has 2 aromatic rings. The van der Waals surface area contributed by atoms with E-state index >= 15 is 0 Å². The Morgan fingerprint density at radius 2 is 2.15 bits per heavy atom. The average molecular weight is 422 g/mol. The molecule has 140 valence electrons. The molecule has 0 atom stereocenters. The fourth-order valence-corrected chi connectivity index (χ4v) is 2.60. The number of carbonyl (C=O) groups is 1. The maximum Gasteiger partial charge on any atom is 0.248 e. The van der Waals surface area contributed by atoms with E-state index in [0.717, 1.165) is 16.5 Å². The Morgan fingerprint density at radius 3 is 2.85 bits per heavy atom. The molecule has 0 saturated heterocycles. The summed E-state index contributed by atoms with van der Waals surface area (Å²) >= 11 is 3.41. The van der Waals surface area contributed by atoms with Gasteiger partial charge in [0.15, 0.2) is 0 Å². The normalized spacial score (nSPS) is 11.7. The first-order chi connectivity index (χ1) is 12.3. The number of hydrogen-bond donors (Lipinski definition) is 1. The van der Waals surface area contributed by atoms with E-state index in [2.05, 4.69) is 26.3 Å². The lowest BCUT2D eigenvalue weighted by Crippen LogP contribution is -2.24. The second kappa shape index (κ2) is 9.00. The Balaban J connectivity index is 1.95. The van der Waals surface area contributed by atoms with Gasteiger partial charge in [0, 0.05) is 36.0 Å². The van der Waals surface area contributed by atoms with E-state index in [4.69, 9.17) is 9.47 Å². The zero-order valence-corrected chi connectivity index (χ0v) is 17.0. The van der Waals surface area contributed by atoms with Crippen LogP contribution >= 0.6 is 15.9 Å². The number of rotatable bonds is 8. The summed E-state index contributed by atoms with van der Waals surface area (Å²) in [6.45, 7) is 4.77. The van der Waals surface area contributed by atoms with Crippen LogP contribution in [0.1, 0.15) is 25.8 Å². The van der Waals surface area contributed by atoms with Crippen LogP contribution in [-0.2, 0) is 16.1 Å². The highest BCUT2D eigenvalue weighted by atomic mass is 79.9. The summed E-state index contributed by atoms with van der Waals surface area (Å²) in [4.78, 5) is 12.1. The van der Waals surface area contributed by atoms with E-state index in [9.17, 15) is 4.79 Å². The van der Waals surface area contributed by atoms with Crippen molar-refractivity contribution in [3.8, 4) is 5.75 Å². The van der Waals surface area contributed by atoms with Crippen molar-refractivity contribution in [2.45, 2.75) is 32.4 Å². The smallest absolute Gasteiger partial charge is 0.248 e. The summed E-state index contributed by atoms with van der Waals surface area (Å²) in [5, 5.41) is 7.06. The number of benzene rings is 1. The van der Waals surface area contributed by atoms with Crippen molar-refractivity contribution in [3.63, 3.8) is 0 Å². The number of nitrogens with zero attached hydrogens (tertiary/aromatic N) is 2. The van der Waals surface area contributed by atoms with Gasteiger partial charge >= 0.3 is 0 Å². The van der Waals surface area contributed by atoms with E-state index in [1.54, 1.807) is 37.4 Å². The van der Waals surface area contributed by atoms with Crippen LogP contribution in [0.5, 0.6) is 5.75 Å². The minimum atomic E-state index is -0.233. The van der Waals surface area contributed by atoms with Crippen LogP contribution in [0.4, 0.5) is 5.69 Å². The Kier molecular flexibility index (Phi) is 6.99. The standard InChI is InChI=1S/C19H24BrN3O3/c1-19(2,26-4)9-10-23-13-16(12-21-23)22-18(24)8-5-14-11-15(20)6-7-17(14)25-3/h5-8,11-13H,9-10H2,1-4H3,(H,22,24). The molecule has 0 unspecified atom stereocenters. The highest BCUT2D eigenvalue weighted by Crippen LogP contribution is 2.24. The number of methoxy groups -OCH3 is 2. The van der Waals surface area contributed by atoms with Crippen molar-refractivity contribution in [1.82, 2.24) is 9.78 Å². The van der Waals surface area contributed by atoms with Gasteiger partial charge in [-0.05, 0) is 44.5 Å². The van der Waals surface area contributed by atoms with Crippen LogP contribution in [-0.4, -0.2) is 35.5 Å². The van der Waals surface area contributed by atoms with Crippen molar-refractivity contribution in [3.05, 3.63) is 46.7 Å². The molecule has 6 nitrogen and oxygen atoms in total. The van der Waals surface area contributed by atoms with Gasteiger partial charge < -0.3 is 14.8 Å². The van der Waals surface area contributed by atoms with E-state index in [1.807, 2.05) is 32.0 Å². The molecule has 1 aromatic heterocycles. The lowest BCUT2D eigenvalue weighted by atomic mass is 10.1. The van der Waals surface area contributed by atoms with Crippen LogP contribution < -0.4 is 10.1 Å². The molecular formula is C19H24BrN3O3. The van der Waals surface area contributed by atoms with Crippen molar-refractivity contribution in [2.24, 2.45) is 0 Å². The highest BCUT2D eigenvalue weighted by molar-refractivity contribution is 9.10. The topological polar surface area (TPSA) is 65.4 Å². The molecule has 26 heavy (non-hydrogen) atoms. The van der Waals surface area contributed by atoms with Gasteiger partial charge in [0.05, 0.1) is 24.6 Å². The largest absolute Gasteiger partial charge is 0.496 e. The monoisotopic (exact) mass is 421 g/mol. The summed E-state index contributed by atoms with van der Waals surface area (Å²) in [5.74, 6) is 0.467. The molecule has 1 N–H and O–H groups in total. The predicted molar refractivity (Wildman–Crippen MR) is 106 cm³/mol. The summed E-state index contributed by atoms with van der Waals surface area (Å²) < 4.78 is 13.4. The molecule has 0 fully saturated rings. The molecule has 0 aliphatic rings. The zero-order valence-electron chi connectivity index (χ0n) is 15.5. The number of nitrogens with one attached hydrogen (secondary N) is 1. The second-order valence-electron chi connectivity index (χ2n) is 6.41. The van der Waals surface area contributed by atoms with Gasteiger partial charge in [-0.1, -0.05) is 15.9 Å². The number of amides is 1. The maximum atomic E-state index is 12.1. The van der Waals surface area contributed by atoms with Crippen LogP contribution in [0.2, 0.25) is 0 Å². The Labute approximate surface area is 162 Å². The summed E-state index contributed by atoms with van der Waals surface area (Å²) in [6.07, 6.45) is 7.43. The first-order valence-electron chi connectivity index (χ1n) is 8.23. The SMILES string of the molecule is COc1ccc(Br)cc1C=CC(=O)Nc1cnn(CCC(C)(C)OC)c1. The lowest BCUT2D eigenvalue weighted by Gasteiger charge is -2.22. The quantitative estimate of drug-likeness (QED) is 0.650. The Hall–Kier alpha value is -2.12. The molecular weight excluding hydrogens is 398 g/mol. The van der Waals surface area contributed by atoms with Crippen molar-refractivity contribution >= 4 is 33.6 Å². The van der Waals surface area contributed by atoms with Crippen LogP contribution in [0.15, 0.2) is 41.1 Å². The van der Waals surface area contributed by atoms with Crippen LogP contribution in [0.3, 0.4) is 0 Å². The van der Waals surface area contributed by atoms with Gasteiger partial charge in [-0.3, -0.25) is 9.48 Å².